The Hall–Kier alpha value is -3.97. The minimum Gasteiger partial charge on any atom is -0.323 e. The first-order valence-electron chi connectivity index (χ1n) is 9.90. The lowest BCUT2D eigenvalue weighted by molar-refractivity contribution is -0.111. The van der Waals surface area contributed by atoms with Crippen LogP contribution in [0.25, 0.3) is 23.0 Å². The van der Waals surface area contributed by atoms with Gasteiger partial charge in [0.2, 0.25) is 5.91 Å². The Morgan fingerprint density at radius 1 is 0.906 bits per heavy atom. The van der Waals surface area contributed by atoms with Crippen molar-refractivity contribution in [3.8, 4) is 16.9 Å². The van der Waals surface area contributed by atoms with Crippen molar-refractivity contribution >= 4 is 27.5 Å². The van der Waals surface area contributed by atoms with Gasteiger partial charge in [0.25, 0.3) is 0 Å². The number of nitrogens with one attached hydrogen (secondary N) is 1. The third kappa shape index (κ3) is 5.01. The van der Waals surface area contributed by atoms with Gasteiger partial charge in [-0.05, 0) is 42.5 Å². The van der Waals surface area contributed by atoms with Gasteiger partial charge in [-0.15, -0.1) is 0 Å². The van der Waals surface area contributed by atoms with E-state index >= 15 is 0 Å². The Labute approximate surface area is 186 Å². The summed E-state index contributed by atoms with van der Waals surface area (Å²) in [7, 11) is -3.28. The van der Waals surface area contributed by atoms with Crippen molar-refractivity contribution in [3.63, 3.8) is 0 Å². The molecule has 0 radical (unpaired) electrons. The predicted molar refractivity (Wildman–Crippen MR) is 126 cm³/mol. The first-order chi connectivity index (χ1) is 15.4. The summed E-state index contributed by atoms with van der Waals surface area (Å²) in [5.74, 6) is -0.330. The molecule has 1 amide bonds. The van der Waals surface area contributed by atoms with E-state index in [9.17, 15) is 13.2 Å². The summed E-state index contributed by atoms with van der Waals surface area (Å²) in [6.45, 7) is 0. The molecule has 1 N–H and O–H groups in total. The molecule has 0 aliphatic heterocycles. The summed E-state index contributed by atoms with van der Waals surface area (Å²) in [6.07, 6.45) is 6.17. The fourth-order valence-electron chi connectivity index (χ4n) is 3.18. The Morgan fingerprint density at radius 3 is 2.16 bits per heavy atom. The maximum atomic E-state index is 12.4. The maximum absolute atomic E-state index is 12.4. The normalized spacial score (nSPS) is 11.5. The summed E-state index contributed by atoms with van der Waals surface area (Å²) in [4.78, 5) is 12.6. The number of nitrogens with zero attached hydrogens (tertiary/aromatic N) is 2. The van der Waals surface area contributed by atoms with Crippen molar-refractivity contribution in [2.75, 3.05) is 11.6 Å². The van der Waals surface area contributed by atoms with Crippen LogP contribution in [-0.2, 0) is 14.6 Å². The minimum absolute atomic E-state index is 0.201. The molecule has 0 spiro atoms. The smallest absolute Gasteiger partial charge is 0.248 e. The van der Waals surface area contributed by atoms with Crippen LogP contribution in [0, 0.1) is 0 Å². The van der Waals surface area contributed by atoms with E-state index in [-0.39, 0.29) is 10.8 Å². The minimum atomic E-state index is -3.28. The number of aromatic nitrogens is 2. The third-order valence-electron chi connectivity index (χ3n) is 4.77. The number of carbonyl (C=O) groups excluding carboxylic acids is 1. The Kier molecular flexibility index (Phi) is 6.00. The highest BCUT2D eigenvalue weighted by Gasteiger charge is 2.11. The summed E-state index contributed by atoms with van der Waals surface area (Å²) in [5.41, 5.74) is 3.92. The molecule has 0 saturated carbocycles. The van der Waals surface area contributed by atoms with Crippen molar-refractivity contribution in [1.82, 2.24) is 9.78 Å². The van der Waals surface area contributed by atoms with Gasteiger partial charge in [0.15, 0.2) is 9.84 Å². The zero-order valence-electron chi connectivity index (χ0n) is 17.3. The second-order valence-electron chi connectivity index (χ2n) is 7.20. The van der Waals surface area contributed by atoms with Crippen molar-refractivity contribution in [1.29, 1.82) is 0 Å². The molecule has 6 nitrogen and oxygen atoms in total. The number of benzene rings is 3. The van der Waals surface area contributed by atoms with Crippen LogP contribution in [-0.4, -0.2) is 30.4 Å². The lowest BCUT2D eigenvalue weighted by Gasteiger charge is -2.03. The molecule has 1 aromatic heterocycles. The van der Waals surface area contributed by atoms with E-state index in [1.807, 2.05) is 66.9 Å². The van der Waals surface area contributed by atoms with E-state index in [4.69, 9.17) is 5.10 Å². The molecule has 0 bridgehead atoms. The molecule has 32 heavy (non-hydrogen) atoms. The molecular weight excluding hydrogens is 422 g/mol. The van der Waals surface area contributed by atoms with E-state index in [1.165, 1.54) is 18.2 Å². The largest absolute Gasteiger partial charge is 0.323 e. The molecule has 0 saturated heterocycles. The molecule has 0 aliphatic carbocycles. The molecular formula is C25H21N3O3S. The number of rotatable bonds is 6. The van der Waals surface area contributed by atoms with E-state index in [1.54, 1.807) is 22.9 Å². The van der Waals surface area contributed by atoms with Crippen molar-refractivity contribution in [3.05, 3.63) is 103 Å². The molecule has 4 rings (SSSR count). The zero-order valence-corrected chi connectivity index (χ0v) is 18.2. The predicted octanol–water partition coefficient (Wildman–Crippen LogP) is 4.59. The first kappa shape index (κ1) is 21.3. The van der Waals surface area contributed by atoms with Crippen LogP contribution in [0.4, 0.5) is 5.69 Å². The number of carbonyl (C=O) groups is 1. The Bertz CT molecular complexity index is 1360. The Morgan fingerprint density at radius 2 is 1.53 bits per heavy atom. The highest BCUT2D eigenvalue weighted by molar-refractivity contribution is 7.90. The van der Waals surface area contributed by atoms with Gasteiger partial charge in [-0.2, -0.15) is 5.10 Å². The number of hydrogen-bond acceptors (Lipinski definition) is 4. The summed E-state index contributed by atoms with van der Waals surface area (Å²) >= 11 is 0. The number of anilines is 1. The van der Waals surface area contributed by atoms with E-state index < -0.39 is 9.84 Å². The van der Waals surface area contributed by atoms with Gasteiger partial charge in [-0.25, -0.2) is 13.1 Å². The number of sulfone groups is 1. The second-order valence-corrected chi connectivity index (χ2v) is 9.21. The molecule has 0 unspecified atom stereocenters. The summed E-state index contributed by atoms with van der Waals surface area (Å²) < 4.78 is 24.9. The quantitative estimate of drug-likeness (QED) is 0.442. The monoisotopic (exact) mass is 443 g/mol. The second kappa shape index (κ2) is 9.03. The summed E-state index contributed by atoms with van der Waals surface area (Å²) in [6, 6.07) is 25.6. The molecule has 3 aromatic carbocycles. The van der Waals surface area contributed by atoms with Crippen LogP contribution in [0.1, 0.15) is 5.56 Å². The summed E-state index contributed by atoms with van der Waals surface area (Å²) in [5, 5.41) is 7.46. The van der Waals surface area contributed by atoms with Crippen LogP contribution in [0.5, 0.6) is 0 Å². The fraction of sp³-hybridized carbons (Fsp3) is 0.0400. The van der Waals surface area contributed by atoms with Crippen LogP contribution in [0.15, 0.2) is 102 Å². The molecule has 0 atom stereocenters. The average molecular weight is 444 g/mol. The molecule has 7 heteroatoms. The van der Waals surface area contributed by atoms with Gasteiger partial charge in [0.1, 0.15) is 0 Å². The van der Waals surface area contributed by atoms with Gasteiger partial charge in [0.05, 0.1) is 16.3 Å². The number of amides is 1. The lowest BCUT2D eigenvalue weighted by atomic mass is 10.1. The van der Waals surface area contributed by atoms with Crippen molar-refractivity contribution in [2.45, 2.75) is 4.90 Å². The number of para-hydroxylation sites is 1. The highest BCUT2D eigenvalue weighted by atomic mass is 32.2. The molecule has 1 heterocycles. The molecule has 160 valence electrons. The van der Waals surface area contributed by atoms with Crippen LogP contribution in [0.3, 0.4) is 0 Å². The van der Waals surface area contributed by atoms with Gasteiger partial charge in [-0.3, -0.25) is 4.79 Å². The van der Waals surface area contributed by atoms with Crippen molar-refractivity contribution in [2.24, 2.45) is 0 Å². The Balaban J connectivity index is 1.58. The topological polar surface area (TPSA) is 81.1 Å². The van der Waals surface area contributed by atoms with E-state index in [0.29, 0.717) is 5.69 Å². The lowest BCUT2D eigenvalue weighted by Crippen LogP contribution is -2.08. The van der Waals surface area contributed by atoms with Gasteiger partial charge in [0, 0.05) is 35.3 Å². The van der Waals surface area contributed by atoms with Crippen molar-refractivity contribution < 1.29 is 13.2 Å². The molecule has 4 aromatic rings. The van der Waals surface area contributed by atoms with E-state index in [0.717, 1.165) is 28.8 Å². The van der Waals surface area contributed by atoms with E-state index in [2.05, 4.69) is 5.32 Å². The first-order valence-corrected chi connectivity index (χ1v) is 11.8. The van der Waals surface area contributed by atoms with Crippen LogP contribution < -0.4 is 5.32 Å². The molecule has 0 aliphatic rings. The fourth-order valence-corrected chi connectivity index (χ4v) is 3.81. The van der Waals surface area contributed by atoms with Gasteiger partial charge < -0.3 is 5.32 Å². The third-order valence-corrected chi connectivity index (χ3v) is 5.90. The average Bonchev–Trinajstić information content (AvgIpc) is 3.23. The molecule has 0 fully saturated rings. The van der Waals surface area contributed by atoms with Gasteiger partial charge >= 0.3 is 0 Å². The maximum Gasteiger partial charge on any atom is 0.248 e. The standard InChI is InChI=1S/C25H21N3O3S/c1-32(30,31)23-15-13-21(14-16-23)26-24(29)17-12-20-18-28(22-10-6-3-7-11-22)27-25(20)19-8-4-2-5-9-19/h2-18H,1H3,(H,26,29)/b17-12+. The van der Waals surface area contributed by atoms with Crippen LogP contribution in [0.2, 0.25) is 0 Å². The number of hydrogen-bond donors (Lipinski definition) is 1. The SMILES string of the molecule is CS(=O)(=O)c1ccc(NC(=O)/C=C/c2cn(-c3ccccc3)nc2-c2ccccc2)cc1. The van der Waals surface area contributed by atoms with Crippen LogP contribution >= 0.6 is 0 Å². The zero-order chi connectivity index (χ0) is 22.6. The highest BCUT2D eigenvalue weighted by Crippen LogP contribution is 2.25. The van der Waals surface area contributed by atoms with Gasteiger partial charge in [-0.1, -0.05) is 48.5 Å².